The van der Waals surface area contributed by atoms with Gasteiger partial charge >= 0.3 is 0 Å². The number of nitrogens with two attached hydrogens (primary N) is 1. The van der Waals surface area contributed by atoms with Gasteiger partial charge in [0.1, 0.15) is 5.52 Å². The maximum absolute atomic E-state index is 12.2. The lowest BCUT2D eigenvalue weighted by atomic mass is 10.1. The van der Waals surface area contributed by atoms with Crippen LogP contribution in [0.3, 0.4) is 0 Å². The van der Waals surface area contributed by atoms with Crippen molar-refractivity contribution in [3.8, 4) is 0 Å². The summed E-state index contributed by atoms with van der Waals surface area (Å²) in [6.07, 6.45) is 0. The molecular formula is C15H12ClN3O2. The summed E-state index contributed by atoms with van der Waals surface area (Å²) in [5.74, 6) is 0.277. The highest BCUT2D eigenvalue weighted by Crippen LogP contribution is 2.22. The Balaban J connectivity index is 1.88. The van der Waals surface area contributed by atoms with Crippen molar-refractivity contribution in [1.82, 2.24) is 4.98 Å². The molecule has 0 fully saturated rings. The number of amides is 1. The lowest BCUT2D eigenvalue weighted by Crippen LogP contribution is -2.13. The molecule has 2 aromatic carbocycles. The summed E-state index contributed by atoms with van der Waals surface area (Å²) in [7, 11) is 0. The van der Waals surface area contributed by atoms with Crippen LogP contribution in [0.2, 0.25) is 5.02 Å². The van der Waals surface area contributed by atoms with Crippen LogP contribution in [0.15, 0.2) is 40.8 Å². The molecule has 0 aliphatic heterocycles. The number of nitrogens with zero attached hydrogens (tertiary/aromatic N) is 1. The minimum Gasteiger partial charge on any atom is -0.441 e. The fourth-order valence-corrected chi connectivity index (χ4v) is 2.24. The Kier molecular flexibility index (Phi) is 3.27. The molecule has 0 radical (unpaired) electrons. The molecule has 5 nitrogen and oxygen atoms in total. The number of carbonyl (C=O) groups is 1. The molecule has 3 rings (SSSR count). The van der Waals surface area contributed by atoms with Gasteiger partial charge in [-0.05, 0) is 36.4 Å². The zero-order valence-corrected chi connectivity index (χ0v) is 11.9. The standard InChI is InChI=1S/C15H12ClN3O2/c1-8-18-13-7-10(3-5-14(13)21-8)19-15(20)11-4-2-9(16)6-12(11)17/h2-7H,17H2,1H3,(H,19,20). The number of anilines is 2. The Labute approximate surface area is 125 Å². The van der Waals surface area contributed by atoms with E-state index < -0.39 is 0 Å². The van der Waals surface area contributed by atoms with Crippen molar-refractivity contribution in [3.63, 3.8) is 0 Å². The molecule has 0 spiro atoms. The van der Waals surface area contributed by atoms with E-state index in [1.54, 1.807) is 43.3 Å². The highest BCUT2D eigenvalue weighted by Gasteiger charge is 2.11. The second kappa shape index (κ2) is 5.10. The SMILES string of the molecule is Cc1nc2cc(NC(=O)c3ccc(Cl)cc3N)ccc2o1. The van der Waals surface area contributed by atoms with E-state index in [1.807, 2.05) is 0 Å². The fraction of sp³-hybridized carbons (Fsp3) is 0.0667. The predicted molar refractivity (Wildman–Crippen MR) is 82.6 cm³/mol. The number of halogens is 1. The van der Waals surface area contributed by atoms with Crippen molar-refractivity contribution in [1.29, 1.82) is 0 Å². The molecule has 1 aromatic heterocycles. The summed E-state index contributed by atoms with van der Waals surface area (Å²) in [6.45, 7) is 1.77. The number of nitrogen functional groups attached to an aromatic ring is 1. The Hall–Kier alpha value is -2.53. The first kappa shape index (κ1) is 13.5. The van der Waals surface area contributed by atoms with Crippen molar-refractivity contribution < 1.29 is 9.21 Å². The zero-order chi connectivity index (χ0) is 15.0. The Bertz CT molecular complexity index is 842. The summed E-state index contributed by atoms with van der Waals surface area (Å²) < 4.78 is 5.39. The smallest absolute Gasteiger partial charge is 0.257 e. The molecule has 6 heteroatoms. The molecule has 3 aromatic rings. The summed E-state index contributed by atoms with van der Waals surface area (Å²) in [4.78, 5) is 16.4. The van der Waals surface area contributed by atoms with Crippen LogP contribution >= 0.6 is 11.6 Å². The number of benzene rings is 2. The van der Waals surface area contributed by atoms with Gasteiger partial charge in [-0.25, -0.2) is 4.98 Å². The molecule has 106 valence electrons. The molecular weight excluding hydrogens is 290 g/mol. The molecule has 0 saturated carbocycles. The predicted octanol–water partition coefficient (Wildman–Crippen LogP) is 3.62. The van der Waals surface area contributed by atoms with Crippen LogP contribution in [0.1, 0.15) is 16.2 Å². The average Bonchev–Trinajstić information content (AvgIpc) is 2.77. The highest BCUT2D eigenvalue weighted by molar-refractivity contribution is 6.31. The molecule has 0 aliphatic carbocycles. The van der Waals surface area contributed by atoms with E-state index in [1.165, 1.54) is 0 Å². The number of aromatic nitrogens is 1. The van der Waals surface area contributed by atoms with Gasteiger partial charge in [0, 0.05) is 23.3 Å². The number of aryl methyl sites for hydroxylation is 1. The first-order valence-corrected chi connectivity index (χ1v) is 6.64. The minimum absolute atomic E-state index is 0.302. The Morgan fingerprint density at radius 3 is 2.86 bits per heavy atom. The topological polar surface area (TPSA) is 81.2 Å². The number of fused-ring (bicyclic) bond motifs is 1. The molecule has 3 N–H and O–H groups in total. The summed E-state index contributed by atoms with van der Waals surface area (Å²) in [6, 6.07) is 10.0. The summed E-state index contributed by atoms with van der Waals surface area (Å²) in [5, 5.41) is 3.27. The lowest BCUT2D eigenvalue weighted by Gasteiger charge is -2.07. The molecule has 0 unspecified atom stereocenters. The van der Waals surface area contributed by atoms with E-state index in [0.717, 1.165) is 0 Å². The number of oxazole rings is 1. The van der Waals surface area contributed by atoms with Crippen LogP contribution in [-0.2, 0) is 0 Å². The summed E-state index contributed by atoms with van der Waals surface area (Å²) >= 11 is 5.82. The van der Waals surface area contributed by atoms with E-state index in [0.29, 0.717) is 39.0 Å². The van der Waals surface area contributed by atoms with Crippen LogP contribution in [0.4, 0.5) is 11.4 Å². The lowest BCUT2D eigenvalue weighted by molar-refractivity contribution is 0.102. The normalized spacial score (nSPS) is 10.8. The monoisotopic (exact) mass is 301 g/mol. The van der Waals surface area contributed by atoms with E-state index in [-0.39, 0.29) is 5.91 Å². The molecule has 21 heavy (non-hydrogen) atoms. The average molecular weight is 302 g/mol. The van der Waals surface area contributed by atoms with Gasteiger partial charge in [0.25, 0.3) is 5.91 Å². The van der Waals surface area contributed by atoms with Gasteiger partial charge in [-0.15, -0.1) is 0 Å². The van der Waals surface area contributed by atoms with Gasteiger partial charge in [0.15, 0.2) is 11.5 Å². The third-order valence-electron chi connectivity index (χ3n) is 3.01. The van der Waals surface area contributed by atoms with Gasteiger partial charge in [0.2, 0.25) is 0 Å². The minimum atomic E-state index is -0.302. The fourth-order valence-electron chi connectivity index (χ4n) is 2.06. The van der Waals surface area contributed by atoms with Crippen LogP contribution in [0, 0.1) is 6.92 Å². The molecule has 0 saturated heterocycles. The van der Waals surface area contributed by atoms with E-state index >= 15 is 0 Å². The number of hydrogen-bond acceptors (Lipinski definition) is 4. The second-order valence-corrected chi connectivity index (χ2v) is 5.04. The third kappa shape index (κ3) is 2.68. The van der Waals surface area contributed by atoms with Crippen LogP contribution in [-0.4, -0.2) is 10.9 Å². The highest BCUT2D eigenvalue weighted by atomic mass is 35.5. The zero-order valence-electron chi connectivity index (χ0n) is 11.2. The maximum atomic E-state index is 12.2. The van der Waals surface area contributed by atoms with Crippen LogP contribution < -0.4 is 11.1 Å². The maximum Gasteiger partial charge on any atom is 0.257 e. The number of rotatable bonds is 2. The molecule has 1 amide bonds. The molecule has 0 bridgehead atoms. The van der Waals surface area contributed by atoms with Gasteiger partial charge in [-0.3, -0.25) is 4.79 Å². The van der Waals surface area contributed by atoms with Crippen LogP contribution in [0.25, 0.3) is 11.1 Å². The first-order valence-electron chi connectivity index (χ1n) is 6.26. The van der Waals surface area contributed by atoms with Gasteiger partial charge in [-0.1, -0.05) is 11.6 Å². The van der Waals surface area contributed by atoms with Gasteiger partial charge < -0.3 is 15.5 Å². The Morgan fingerprint density at radius 2 is 2.10 bits per heavy atom. The van der Waals surface area contributed by atoms with Crippen molar-refractivity contribution in [2.75, 3.05) is 11.1 Å². The van der Waals surface area contributed by atoms with Crippen molar-refractivity contribution in [2.24, 2.45) is 0 Å². The molecule has 0 aliphatic rings. The second-order valence-electron chi connectivity index (χ2n) is 4.60. The largest absolute Gasteiger partial charge is 0.441 e. The number of carbonyl (C=O) groups excluding carboxylic acids is 1. The van der Waals surface area contributed by atoms with Crippen molar-refractivity contribution in [3.05, 3.63) is 52.9 Å². The van der Waals surface area contributed by atoms with Crippen molar-refractivity contribution in [2.45, 2.75) is 6.92 Å². The van der Waals surface area contributed by atoms with Crippen molar-refractivity contribution >= 4 is 40.0 Å². The van der Waals surface area contributed by atoms with E-state index in [9.17, 15) is 4.79 Å². The third-order valence-corrected chi connectivity index (χ3v) is 3.25. The van der Waals surface area contributed by atoms with E-state index in [4.69, 9.17) is 21.8 Å². The molecule has 0 atom stereocenters. The number of hydrogen-bond donors (Lipinski definition) is 2. The first-order chi connectivity index (χ1) is 10.0. The van der Waals surface area contributed by atoms with E-state index in [2.05, 4.69) is 10.3 Å². The number of nitrogens with one attached hydrogen (secondary N) is 1. The molecule has 1 heterocycles. The summed E-state index contributed by atoms with van der Waals surface area (Å²) in [5.41, 5.74) is 8.49. The van der Waals surface area contributed by atoms with Gasteiger partial charge in [-0.2, -0.15) is 0 Å². The van der Waals surface area contributed by atoms with Gasteiger partial charge in [0.05, 0.1) is 5.56 Å². The quantitative estimate of drug-likeness (QED) is 0.708. The van der Waals surface area contributed by atoms with Crippen LogP contribution in [0.5, 0.6) is 0 Å². The Morgan fingerprint density at radius 1 is 1.29 bits per heavy atom.